The van der Waals surface area contributed by atoms with Crippen molar-refractivity contribution in [3.05, 3.63) is 69.9 Å². The first-order chi connectivity index (χ1) is 16.9. The summed E-state index contributed by atoms with van der Waals surface area (Å²) < 4.78 is 56.7. The van der Waals surface area contributed by atoms with Crippen molar-refractivity contribution in [1.82, 2.24) is 4.72 Å². The minimum absolute atomic E-state index is 0.0232. The summed E-state index contributed by atoms with van der Waals surface area (Å²) in [6, 6.07) is 12.7. The van der Waals surface area contributed by atoms with E-state index in [1.807, 2.05) is 6.07 Å². The van der Waals surface area contributed by atoms with Crippen LogP contribution in [0.2, 0.25) is 18.1 Å². The molecule has 6 nitrogen and oxygen atoms in total. The molecule has 1 N–H and O–H groups in total. The number of sulfonamides is 1. The molecule has 0 spiro atoms. The Morgan fingerprint density at radius 1 is 1.14 bits per heavy atom. The number of rotatable bonds is 7. The molecule has 1 aliphatic rings. The van der Waals surface area contributed by atoms with E-state index in [9.17, 15) is 12.8 Å². The summed E-state index contributed by atoms with van der Waals surface area (Å²) in [7, 11) is -6.03. The van der Waals surface area contributed by atoms with Crippen molar-refractivity contribution in [2.75, 3.05) is 6.61 Å². The van der Waals surface area contributed by atoms with E-state index in [4.69, 9.17) is 9.16 Å². The van der Waals surface area contributed by atoms with Crippen LogP contribution in [0.4, 0.5) is 4.39 Å². The minimum atomic E-state index is -4.00. The summed E-state index contributed by atoms with van der Waals surface area (Å²) in [5.74, 6) is -0.416. The third-order valence-corrected chi connectivity index (χ3v) is 15.1. The Kier molecular flexibility index (Phi) is 8.40. The standard InChI is InChI=1S/C27H38BrFN2O4SSi/c1-25(2,3)37(7,8)34-17-16-23(21-14-9-10-15-22(21)29)30-24-31-36(32,33)27(6,26(4,5)35-24)19-12-11-13-20(28)18-19/h9-15,18,23H,16-17H2,1-8H3,(H,30,31)/t23-,27?/m0/s1. The Morgan fingerprint density at radius 3 is 2.35 bits per heavy atom. The van der Waals surface area contributed by atoms with Gasteiger partial charge in [-0.3, -0.25) is 0 Å². The third kappa shape index (κ3) is 5.97. The molecule has 204 valence electrons. The van der Waals surface area contributed by atoms with E-state index in [-0.39, 0.29) is 11.1 Å². The van der Waals surface area contributed by atoms with E-state index in [0.29, 0.717) is 24.2 Å². The van der Waals surface area contributed by atoms with Crippen LogP contribution >= 0.6 is 15.9 Å². The predicted octanol–water partition coefficient (Wildman–Crippen LogP) is 7.04. The molecule has 1 aliphatic heterocycles. The molecule has 2 atom stereocenters. The van der Waals surface area contributed by atoms with Gasteiger partial charge >= 0.3 is 0 Å². The van der Waals surface area contributed by atoms with Gasteiger partial charge < -0.3 is 9.16 Å². The lowest BCUT2D eigenvalue weighted by molar-refractivity contribution is 0.0381. The van der Waals surface area contributed by atoms with E-state index in [1.54, 1.807) is 57.2 Å². The molecule has 1 fully saturated rings. The predicted molar refractivity (Wildman–Crippen MR) is 153 cm³/mol. The first-order valence-electron chi connectivity index (χ1n) is 12.3. The lowest BCUT2D eigenvalue weighted by Gasteiger charge is -2.47. The molecular weight excluding hydrogens is 575 g/mol. The zero-order valence-electron chi connectivity index (χ0n) is 22.9. The summed E-state index contributed by atoms with van der Waals surface area (Å²) in [4.78, 5) is 4.61. The molecule has 3 rings (SSSR count). The van der Waals surface area contributed by atoms with Crippen LogP contribution in [0.3, 0.4) is 0 Å². The molecule has 0 aromatic heterocycles. The fourth-order valence-corrected chi connectivity index (χ4v) is 7.17. The maximum absolute atomic E-state index is 14.8. The van der Waals surface area contributed by atoms with Crippen LogP contribution in [0.25, 0.3) is 0 Å². The average Bonchev–Trinajstić information content (AvgIpc) is 2.75. The van der Waals surface area contributed by atoms with Crippen molar-refractivity contribution in [3.8, 4) is 0 Å². The number of hydrogen-bond donors (Lipinski definition) is 1. The number of hydrogen-bond acceptors (Lipinski definition) is 5. The van der Waals surface area contributed by atoms with Crippen molar-refractivity contribution < 1.29 is 22.0 Å². The molecule has 1 heterocycles. The summed E-state index contributed by atoms with van der Waals surface area (Å²) >= 11 is 3.43. The second kappa shape index (κ2) is 10.4. The summed E-state index contributed by atoms with van der Waals surface area (Å²) in [6.45, 7) is 16.2. The SMILES string of the molecule is CC1(C)OC(=N[C@@H](CCO[Si](C)(C)C(C)(C)C)c2ccccc2F)NS(=O)(=O)C1(C)c1cccc(Br)c1. The smallest absolute Gasteiger partial charge is 0.299 e. The Bertz CT molecular complexity index is 1280. The van der Waals surface area contributed by atoms with Crippen LogP contribution in [-0.4, -0.2) is 35.0 Å². The van der Waals surface area contributed by atoms with Gasteiger partial charge in [0.25, 0.3) is 6.02 Å². The van der Waals surface area contributed by atoms with Crippen LogP contribution < -0.4 is 4.72 Å². The van der Waals surface area contributed by atoms with Crippen LogP contribution in [0.5, 0.6) is 0 Å². The van der Waals surface area contributed by atoms with Gasteiger partial charge in [-0.15, -0.1) is 0 Å². The lowest BCUT2D eigenvalue weighted by Crippen LogP contribution is -2.63. The van der Waals surface area contributed by atoms with Gasteiger partial charge in [0.2, 0.25) is 10.0 Å². The summed E-state index contributed by atoms with van der Waals surface area (Å²) in [6.07, 6.45) is 0.366. The first kappa shape index (κ1) is 29.8. The van der Waals surface area contributed by atoms with Gasteiger partial charge in [0.15, 0.2) is 13.1 Å². The molecule has 2 aromatic rings. The number of benzene rings is 2. The molecule has 0 bridgehead atoms. The number of ether oxygens (including phenoxy) is 1. The van der Waals surface area contributed by atoms with Crippen LogP contribution in [0.1, 0.15) is 65.1 Å². The zero-order valence-corrected chi connectivity index (χ0v) is 26.3. The molecular formula is C27H38BrFN2O4SSi. The number of halogens is 2. The second-order valence-corrected chi connectivity index (χ2v) is 19.4. The number of amidine groups is 1. The molecule has 1 unspecified atom stereocenters. The van der Waals surface area contributed by atoms with Gasteiger partial charge in [-0.05, 0) is 69.1 Å². The van der Waals surface area contributed by atoms with Crippen molar-refractivity contribution >= 4 is 40.3 Å². The topological polar surface area (TPSA) is 77.0 Å². The first-order valence-corrected chi connectivity index (χ1v) is 17.5. The lowest BCUT2D eigenvalue weighted by atomic mass is 9.85. The highest BCUT2D eigenvalue weighted by Gasteiger charge is 2.59. The Morgan fingerprint density at radius 2 is 1.78 bits per heavy atom. The quantitative estimate of drug-likeness (QED) is 0.340. The highest BCUT2D eigenvalue weighted by molar-refractivity contribution is 9.10. The molecule has 10 heteroatoms. The monoisotopic (exact) mass is 612 g/mol. The van der Waals surface area contributed by atoms with Crippen molar-refractivity contribution in [3.63, 3.8) is 0 Å². The zero-order chi connectivity index (χ0) is 27.9. The summed E-state index contributed by atoms with van der Waals surface area (Å²) in [5.41, 5.74) is -0.254. The van der Waals surface area contributed by atoms with E-state index in [2.05, 4.69) is 59.5 Å². The van der Waals surface area contributed by atoms with Crippen LogP contribution in [0, 0.1) is 5.82 Å². The molecule has 0 amide bonds. The highest BCUT2D eigenvalue weighted by Crippen LogP contribution is 2.45. The fourth-order valence-electron chi connectivity index (χ4n) is 4.06. The molecule has 0 saturated carbocycles. The molecule has 1 saturated heterocycles. The van der Waals surface area contributed by atoms with Crippen LogP contribution in [-0.2, 0) is 23.9 Å². The average molecular weight is 614 g/mol. The number of nitrogens with one attached hydrogen (secondary N) is 1. The largest absolute Gasteiger partial charge is 0.456 e. The molecule has 2 aromatic carbocycles. The number of nitrogens with zero attached hydrogens (tertiary/aromatic N) is 1. The van der Waals surface area contributed by atoms with E-state index < -0.39 is 40.5 Å². The third-order valence-electron chi connectivity index (χ3n) is 7.83. The maximum atomic E-state index is 14.8. The van der Waals surface area contributed by atoms with Gasteiger partial charge in [-0.25, -0.2) is 22.5 Å². The minimum Gasteiger partial charge on any atom is -0.456 e. The summed E-state index contributed by atoms with van der Waals surface area (Å²) in [5, 5.41) is 0.0232. The second-order valence-electron chi connectivity index (χ2n) is 11.6. The fraction of sp³-hybridized carbons (Fsp3) is 0.519. The molecule has 0 radical (unpaired) electrons. The molecule has 0 aliphatic carbocycles. The van der Waals surface area contributed by atoms with E-state index in [0.717, 1.165) is 4.47 Å². The Hall–Kier alpha value is -1.75. The van der Waals surface area contributed by atoms with E-state index in [1.165, 1.54) is 6.07 Å². The van der Waals surface area contributed by atoms with Crippen LogP contribution in [0.15, 0.2) is 58.0 Å². The van der Waals surface area contributed by atoms with Crippen molar-refractivity contribution in [2.45, 2.75) is 82.5 Å². The van der Waals surface area contributed by atoms with Gasteiger partial charge in [-0.2, -0.15) is 0 Å². The van der Waals surface area contributed by atoms with Gasteiger partial charge in [0.1, 0.15) is 11.4 Å². The normalized spacial score (nSPS) is 23.2. The van der Waals surface area contributed by atoms with Gasteiger partial charge in [0.05, 0.1) is 6.04 Å². The molecule has 37 heavy (non-hydrogen) atoms. The Balaban J connectivity index is 1.97. The maximum Gasteiger partial charge on any atom is 0.299 e. The highest BCUT2D eigenvalue weighted by atomic mass is 79.9. The van der Waals surface area contributed by atoms with Gasteiger partial charge in [-0.1, -0.05) is 67.0 Å². The Labute approximate surface area is 230 Å². The number of aliphatic imine (C=N–C) groups is 1. The van der Waals surface area contributed by atoms with Crippen molar-refractivity contribution in [2.24, 2.45) is 4.99 Å². The van der Waals surface area contributed by atoms with Crippen molar-refractivity contribution in [1.29, 1.82) is 0 Å². The van der Waals surface area contributed by atoms with E-state index >= 15 is 0 Å². The van der Waals surface area contributed by atoms with Gasteiger partial charge in [0, 0.05) is 16.6 Å².